The van der Waals surface area contributed by atoms with Crippen LogP contribution in [0.5, 0.6) is 0 Å². The van der Waals surface area contributed by atoms with Gasteiger partial charge in [-0.2, -0.15) is 0 Å². The second-order valence-electron chi connectivity index (χ2n) is 3.24. The van der Waals surface area contributed by atoms with Crippen molar-refractivity contribution in [2.24, 2.45) is 0 Å². The first-order chi connectivity index (χ1) is 8.45. The summed E-state index contributed by atoms with van der Waals surface area (Å²) in [7, 11) is 0. The van der Waals surface area contributed by atoms with Gasteiger partial charge in [-0.25, -0.2) is 4.79 Å². The first kappa shape index (κ1) is 14.5. The smallest absolute Gasteiger partial charge is 0.373 e. The van der Waals surface area contributed by atoms with Gasteiger partial charge in [0.05, 0.1) is 16.7 Å². The third-order valence-corrected chi connectivity index (χ3v) is 2.70. The number of ketones is 1. The molecule has 0 saturated carbocycles. The zero-order chi connectivity index (χ0) is 13.7. The fraction of sp³-hybridized carbons (Fsp3) is 0.167. The maximum atomic E-state index is 11.7. The summed E-state index contributed by atoms with van der Waals surface area (Å²) in [5, 5.41) is 9.84. The van der Waals surface area contributed by atoms with Gasteiger partial charge in [-0.3, -0.25) is 4.79 Å². The number of carbonyl (C=O) groups is 2. The summed E-state index contributed by atoms with van der Waals surface area (Å²) in [5.41, 5.74) is 0.209. The molecule has 0 amide bonds. The largest absolute Gasteiger partial charge is 0.502 e. The number of hydrogen-bond donors (Lipinski definition) is 1. The van der Waals surface area contributed by atoms with Gasteiger partial charge in [0, 0.05) is 11.6 Å². The van der Waals surface area contributed by atoms with E-state index in [1.165, 1.54) is 18.2 Å². The van der Waals surface area contributed by atoms with Crippen molar-refractivity contribution in [2.45, 2.75) is 6.92 Å². The van der Waals surface area contributed by atoms with Gasteiger partial charge in [0.2, 0.25) is 5.76 Å². The molecule has 0 aliphatic heterocycles. The molecule has 0 atom stereocenters. The second-order valence-corrected chi connectivity index (χ2v) is 4.06. The van der Waals surface area contributed by atoms with Crippen molar-refractivity contribution in [2.75, 3.05) is 6.61 Å². The molecule has 0 spiro atoms. The van der Waals surface area contributed by atoms with Gasteiger partial charge < -0.3 is 9.84 Å². The van der Waals surface area contributed by atoms with Gasteiger partial charge in [-0.1, -0.05) is 23.2 Å². The van der Waals surface area contributed by atoms with E-state index in [-0.39, 0.29) is 17.2 Å². The van der Waals surface area contributed by atoms with Crippen molar-refractivity contribution in [1.29, 1.82) is 0 Å². The van der Waals surface area contributed by atoms with Crippen molar-refractivity contribution in [3.05, 3.63) is 45.6 Å². The van der Waals surface area contributed by atoms with E-state index in [4.69, 9.17) is 23.2 Å². The van der Waals surface area contributed by atoms with E-state index in [0.29, 0.717) is 5.02 Å². The van der Waals surface area contributed by atoms with Gasteiger partial charge in [-0.05, 0) is 25.1 Å². The Hall–Kier alpha value is -1.52. The summed E-state index contributed by atoms with van der Waals surface area (Å²) >= 11 is 11.4. The van der Waals surface area contributed by atoms with Crippen LogP contribution in [0.25, 0.3) is 0 Å². The number of aliphatic hydroxyl groups is 1. The molecule has 0 saturated heterocycles. The summed E-state index contributed by atoms with van der Waals surface area (Å²) in [6.07, 6.45) is 0.775. The molecular formula is C12H10Cl2O4. The van der Waals surface area contributed by atoms with Gasteiger partial charge in [0.25, 0.3) is 0 Å². The van der Waals surface area contributed by atoms with E-state index in [2.05, 4.69) is 4.74 Å². The molecule has 0 fully saturated rings. The molecule has 0 heterocycles. The molecule has 0 aromatic heterocycles. The molecule has 0 radical (unpaired) electrons. The van der Waals surface area contributed by atoms with E-state index in [0.717, 1.165) is 6.08 Å². The Morgan fingerprint density at radius 1 is 1.33 bits per heavy atom. The molecule has 0 aliphatic rings. The highest BCUT2D eigenvalue weighted by molar-refractivity contribution is 6.42. The molecule has 0 unspecified atom stereocenters. The summed E-state index contributed by atoms with van der Waals surface area (Å²) in [5.74, 6) is -2.28. The Morgan fingerprint density at radius 2 is 2.00 bits per heavy atom. The number of benzene rings is 1. The van der Waals surface area contributed by atoms with Crippen LogP contribution in [0.3, 0.4) is 0 Å². The van der Waals surface area contributed by atoms with Crippen LogP contribution in [0.4, 0.5) is 0 Å². The van der Waals surface area contributed by atoms with Crippen molar-refractivity contribution < 1.29 is 19.4 Å². The highest BCUT2D eigenvalue weighted by Gasteiger charge is 2.12. The Balaban J connectivity index is 2.91. The number of esters is 1. The first-order valence-corrected chi connectivity index (χ1v) is 5.78. The third kappa shape index (κ3) is 3.75. The zero-order valence-corrected chi connectivity index (χ0v) is 11.0. The highest BCUT2D eigenvalue weighted by Crippen LogP contribution is 2.23. The molecular weight excluding hydrogens is 279 g/mol. The molecule has 4 nitrogen and oxygen atoms in total. The quantitative estimate of drug-likeness (QED) is 0.400. The highest BCUT2D eigenvalue weighted by atomic mass is 35.5. The van der Waals surface area contributed by atoms with Crippen molar-refractivity contribution in [3.63, 3.8) is 0 Å². The Bertz CT molecular complexity index is 509. The zero-order valence-electron chi connectivity index (χ0n) is 9.44. The molecule has 0 bridgehead atoms. The monoisotopic (exact) mass is 288 g/mol. The second kappa shape index (κ2) is 6.42. The number of allylic oxidation sites excluding steroid dienone is 1. The van der Waals surface area contributed by atoms with Crippen LogP contribution in [-0.4, -0.2) is 23.5 Å². The number of hydrogen-bond acceptors (Lipinski definition) is 4. The van der Waals surface area contributed by atoms with E-state index in [1.54, 1.807) is 6.92 Å². The maximum Gasteiger partial charge on any atom is 0.373 e. The maximum absolute atomic E-state index is 11.7. The van der Waals surface area contributed by atoms with Crippen LogP contribution in [0.15, 0.2) is 30.0 Å². The fourth-order valence-corrected chi connectivity index (χ4v) is 1.42. The molecule has 1 aromatic rings. The number of aliphatic hydroxyl groups excluding tert-OH is 1. The third-order valence-electron chi connectivity index (χ3n) is 1.96. The van der Waals surface area contributed by atoms with Crippen LogP contribution in [0, 0.1) is 0 Å². The average Bonchev–Trinajstić information content (AvgIpc) is 2.32. The lowest BCUT2D eigenvalue weighted by Gasteiger charge is -2.01. The van der Waals surface area contributed by atoms with E-state index < -0.39 is 17.5 Å². The van der Waals surface area contributed by atoms with Crippen molar-refractivity contribution >= 4 is 35.0 Å². The number of carbonyl (C=O) groups excluding carboxylic acids is 2. The topological polar surface area (TPSA) is 63.6 Å². The Kier molecular flexibility index (Phi) is 5.19. The normalized spacial score (nSPS) is 11.2. The fourth-order valence-electron chi connectivity index (χ4n) is 1.12. The molecule has 1 rings (SSSR count). The van der Waals surface area contributed by atoms with Crippen LogP contribution >= 0.6 is 23.2 Å². The van der Waals surface area contributed by atoms with E-state index in [9.17, 15) is 14.7 Å². The van der Waals surface area contributed by atoms with Crippen LogP contribution in [0.1, 0.15) is 17.3 Å². The lowest BCUT2D eigenvalue weighted by Crippen LogP contribution is -2.09. The molecule has 0 aliphatic carbocycles. The van der Waals surface area contributed by atoms with E-state index >= 15 is 0 Å². The predicted octanol–water partition coefficient (Wildman–Crippen LogP) is 3.18. The minimum atomic E-state index is -0.953. The molecule has 1 aromatic carbocycles. The standard InChI is InChI=1S/C12H10Cl2O4/c1-2-18-12(17)11(16)6-10(15)7-3-4-8(13)9(14)5-7/h3-6,16H,2H2,1H3/b11-6-. The Morgan fingerprint density at radius 3 is 2.56 bits per heavy atom. The summed E-state index contributed by atoms with van der Waals surface area (Å²) in [6.45, 7) is 1.70. The molecule has 18 heavy (non-hydrogen) atoms. The van der Waals surface area contributed by atoms with Gasteiger partial charge in [-0.15, -0.1) is 0 Å². The van der Waals surface area contributed by atoms with Crippen LogP contribution in [0.2, 0.25) is 10.0 Å². The minimum Gasteiger partial charge on any atom is -0.502 e. The average molecular weight is 289 g/mol. The summed E-state index contributed by atoms with van der Waals surface area (Å²) < 4.78 is 4.53. The predicted molar refractivity (Wildman–Crippen MR) is 68.1 cm³/mol. The number of halogens is 2. The van der Waals surface area contributed by atoms with E-state index in [1.807, 2.05) is 0 Å². The SMILES string of the molecule is CCOC(=O)/C(O)=C/C(=O)c1ccc(Cl)c(Cl)c1. The molecule has 6 heteroatoms. The first-order valence-electron chi connectivity index (χ1n) is 5.03. The van der Waals surface area contributed by atoms with Crippen molar-refractivity contribution in [3.8, 4) is 0 Å². The van der Waals surface area contributed by atoms with Crippen LogP contribution in [-0.2, 0) is 9.53 Å². The summed E-state index contributed by atoms with van der Waals surface area (Å²) in [4.78, 5) is 22.8. The van der Waals surface area contributed by atoms with Gasteiger partial charge in [0.1, 0.15) is 0 Å². The van der Waals surface area contributed by atoms with Gasteiger partial charge >= 0.3 is 5.97 Å². The summed E-state index contributed by atoms with van der Waals surface area (Å²) in [6, 6.07) is 4.24. The van der Waals surface area contributed by atoms with Crippen molar-refractivity contribution in [1.82, 2.24) is 0 Å². The van der Waals surface area contributed by atoms with Gasteiger partial charge in [0.15, 0.2) is 5.78 Å². The molecule has 1 N–H and O–H groups in total. The minimum absolute atomic E-state index is 0.109. The lowest BCUT2D eigenvalue weighted by atomic mass is 10.1. The van der Waals surface area contributed by atoms with Crippen LogP contribution < -0.4 is 0 Å². The molecule has 96 valence electrons. The Labute approximate surface area is 114 Å². The number of rotatable bonds is 4. The lowest BCUT2D eigenvalue weighted by molar-refractivity contribution is -0.141. The number of ether oxygens (including phenoxy) is 1.